The second-order valence-electron chi connectivity index (χ2n) is 3.97. The van der Waals surface area contributed by atoms with Crippen LogP contribution in [-0.4, -0.2) is 0 Å². The monoisotopic (exact) mass is 223 g/mol. The van der Waals surface area contributed by atoms with Gasteiger partial charge in [0, 0.05) is 0 Å². The molecule has 0 heterocycles. The summed E-state index contributed by atoms with van der Waals surface area (Å²) < 4.78 is 0. The number of hydrogen-bond donors (Lipinski definition) is 1. The first kappa shape index (κ1) is 9.78. The van der Waals surface area contributed by atoms with E-state index in [1.165, 1.54) is 0 Å². The standard InChI is InChI=1S/C14H9NO2/c15-12-11(13(16)14(12)17)10-7-3-5-8-4-1-2-6-9(8)10/h1-7H,15H2. The van der Waals surface area contributed by atoms with Crippen LogP contribution in [0.3, 0.4) is 0 Å². The molecule has 0 saturated heterocycles. The van der Waals surface area contributed by atoms with Crippen LogP contribution in [0.5, 0.6) is 0 Å². The largest absolute Gasteiger partial charge is 0.395 e. The molecule has 3 heteroatoms. The van der Waals surface area contributed by atoms with Crippen LogP contribution in [0.4, 0.5) is 5.69 Å². The molecular weight excluding hydrogens is 214 g/mol. The Morgan fingerprint density at radius 1 is 0.824 bits per heavy atom. The molecule has 0 amide bonds. The van der Waals surface area contributed by atoms with Gasteiger partial charge in [-0.3, -0.25) is 9.59 Å². The van der Waals surface area contributed by atoms with Gasteiger partial charge in [-0.05, 0) is 16.3 Å². The molecule has 17 heavy (non-hydrogen) atoms. The molecule has 3 nitrogen and oxygen atoms in total. The van der Waals surface area contributed by atoms with E-state index >= 15 is 0 Å². The first-order chi connectivity index (χ1) is 8.20. The third-order valence-corrected chi connectivity index (χ3v) is 3.01. The zero-order chi connectivity index (χ0) is 12.0. The molecule has 3 rings (SSSR count). The fraction of sp³-hybridized carbons (Fsp3) is 0. The van der Waals surface area contributed by atoms with Crippen molar-refractivity contribution in [2.24, 2.45) is 0 Å². The quantitative estimate of drug-likeness (QED) is 0.638. The second-order valence-corrected chi connectivity index (χ2v) is 3.97. The van der Waals surface area contributed by atoms with Crippen molar-refractivity contribution in [3.05, 3.63) is 62.9 Å². The maximum Gasteiger partial charge on any atom is 0.249 e. The Hall–Kier alpha value is -2.42. The van der Waals surface area contributed by atoms with Gasteiger partial charge in [0.2, 0.25) is 10.9 Å². The van der Waals surface area contributed by atoms with E-state index in [1.54, 1.807) is 0 Å². The first-order valence-electron chi connectivity index (χ1n) is 5.27. The molecule has 0 radical (unpaired) electrons. The highest BCUT2D eigenvalue weighted by Crippen LogP contribution is 2.29. The summed E-state index contributed by atoms with van der Waals surface area (Å²) in [4.78, 5) is 22.7. The van der Waals surface area contributed by atoms with Crippen LogP contribution >= 0.6 is 0 Å². The third-order valence-electron chi connectivity index (χ3n) is 3.01. The predicted octanol–water partition coefficient (Wildman–Crippen LogP) is 1.68. The number of hydrogen-bond acceptors (Lipinski definition) is 3. The number of fused-ring (bicyclic) bond motifs is 1. The van der Waals surface area contributed by atoms with Crippen molar-refractivity contribution in [3.63, 3.8) is 0 Å². The summed E-state index contributed by atoms with van der Waals surface area (Å²) in [7, 11) is 0. The summed E-state index contributed by atoms with van der Waals surface area (Å²) >= 11 is 0. The van der Waals surface area contributed by atoms with Crippen LogP contribution in [-0.2, 0) is 0 Å². The van der Waals surface area contributed by atoms with Crippen molar-refractivity contribution in [1.82, 2.24) is 0 Å². The Bertz CT molecular complexity index is 790. The lowest BCUT2D eigenvalue weighted by Gasteiger charge is -2.09. The normalized spacial score (nSPS) is 11.1. The Morgan fingerprint density at radius 3 is 2.29 bits per heavy atom. The van der Waals surface area contributed by atoms with Gasteiger partial charge in [-0.25, -0.2) is 0 Å². The lowest BCUT2D eigenvalue weighted by Crippen LogP contribution is -2.35. The van der Waals surface area contributed by atoms with Crippen molar-refractivity contribution >= 4 is 16.5 Å². The lowest BCUT2D eigenvalue weighted by atomic mass is 9.94. The zero-order valence-corrected chi connectivity index (χ0v) is 8.94. The highest BCUT2D eigenvalue weighted by molar-refractivity contribution is 6.00. The summed E-state index contributed by atoms with van der Waals surface area (Å²) in [5.41, 5.74) is 5.70. The van der Waals surface area contributed by atoms with Crippen molar-refractivity contribution in [2.75, 3.05) is 5.73 Å². The minimum Gasteiger partial charge on any atom is -0.395 e. The molecule has 2 N–H and O–H groups in total. The van der Waals surface area contributed by atoms with Gasteiger partial charge in [0.15, 0.2) is 0 Å². The van der Waals surface area contributed by atoms with Crippen LogP contribution in [0, 0.1) is 0 Å². The number of nitrogen functional groups attached to an aromatic ring is 1. The molecule has 0 aliphatic rings. The number of nitrogens with two attached hydrogens (primary N) is 1. The van der Waals surface area contributed by atoms with Crippen molar-refractivity contribution in [3.8, 4) is 11.1 Å². The Balaban J connectivity index is 2.40. The maximum absolute atomic E-state index is 11.5. The van der Waals surface area contributed by atoms with E-state index in [9.17, 15) is 9.59 Å². The highest BCUT2D eigenvalue weighted by Gasteiger charge is 2.20. The van der Waals surface area contributed by atoms with E-state index in [0.717, 1.165) is 16.3 Å². The van der Waals surface area contributed by atoms with Gasteiger partial charge in [0.05, 0.1) is 11.3 Å². The van der Waals surface area contributed by atoms with Gasteiger partial charge in [0.1, 0.15) is 0 Å². The SMILES string of the molecule is Nc1c(-c2cccc3ccccc23)c(=O)c1=O. The van der Waals surface area contributed by atoms with Crippen LogP contribution in [0.2, 0.25) is 0 Å². The molecule has 0 fully saturated rings. The molecule has 0 spiro atoms. The number of anilines is 1. The first-order valence-corrected chi connectivity index (χ1v) is 5.27. The van der Waals surface area contributed by atoms with Gasteiger partial charge >= 0.3 is 0 Å². The average Bonchev–Trinajstić information content (AvgIpc) is 2.39. The molecule has 82 valence electrons. The Morgan fingerprint density at radius 2 is 1.53 bits per heavy atom. The molecule has 0 saturated carbocycles. The van der Waals surface area contributed by atoms with Crippen molar-refractivity contribution < 1.29 is 0 Å². The lowest BCUT2D eigenvalue weighted by molar-refractivity contribution is 1.42. The minimum atomic E-state index is -0.576. The molecular formula is C14H9NO2. The number of rotatable bonds is 1. The second kappa shape index (κ2) is 3.28. The van der Waals surface area contributed by atoms with E-state index in [4.69, 9.17) is 5.73 Å². The van der Waals surface area contributed by atoms with E-state index in [2.05, 4.69) is 0 Å². The van der Waals surface area contributed by atoms with Crippen molar-refractivity contribution in [2.45, 2.75) is 0 Å². The molecule has 0 bridgehead atoms. The summed E-state index contributed by atoms with van der Waals surface area (Å²) in [5.74, 6) is 0. The van der Waals surface area contributed by atoms with Gasteiger partial charge in [0.25, 0.3) is 0 Å². The third kappa shape index (κ3) is 1.22. The van der Waals surface area contributed by atoms with E-state index in [-0.39, 0.29) is 5.69 Å². The molecule has 0 aromatic heterocycles. The smallest absolute Gasteiger partial charge is 0.249 e. The van der Waals surface area contributed by atoms with Crippen LogP contribution < -0.4 is 16.6 Å². The molecule has 0 unspecified atom stereocenters. The fourth-order valence-electron chi connectivity index (χ4n) is 2.12. The zero-order valence-electron chi connectivity index (χ0n) is 8.94. The van der Waals surface area contributed by atoms with Gasteiger partial charge in [-0.15, -0.1) is 0 Å². The highest BCUT2D eigenvalue weighted by atomic mass is 16.2. The number of benzene rings is 2. The maximum atomic E-state index is 11.5. The van der Waals surface area contributed by atoms with Crippen LogP contribution in [0.15, 0.2) is 52.1 Å². The minimum absolute atomic E-state index is 0.0753. The van der Waals surface area contributed by atoms with Crippen LogP contribution in [0.25, 0.3) is 21.9 Å². The predicted molar refractivity (Wildman–Crippen MR) is 68.7 cm³/mol. The van der Waals surface area contributed by atoms with Crippen LogP contribution in [0.1, 0.15) is 0 Å². The van der Waals surface area contributed by atoms with Gasteiger partial charge in [-0.2, -0.15) is 0 Å². The Kier molecular flexibility index (Phi) is 1.89. The fourth-order valence-corrected chi connectivity index (χ4v) is 2.12. The summed E-state index contributed by atoms with van der Waals surface area (Å²) in [5, 5.41) is 1.96. The topological polar surface area (TPSA) is 60.2 Å². The average molecular weight is 223 g/mol. The van der Waals surface area contributed by atoms with Crippen molar-refractivity contribution in [1.29, 1.82) is 0 Å². The molecule has 0 aliphatic heterocycles. The molecule has 3 aromatic carbocycles. The van der Waals surface area contributed by atoms with E-state index in [0.29, 0.717) is 5.56 Å². The van der Waals surface area contributed by atoms with Gasteiger partial charge < -0.3 is 5.73 Å². The molecule has 0 atom stereocenters. The summed E-state index contributed by atoms with van der Waals surface area (Å²) in [6.45, 7) is 0. The molecule has 0 aliphatic carbocycles. The van der Waals surface area contributed by atoms with E-state index in [1.807, 2.05) is 42.5 Å². The Labute approximate surface area is 96.8 Å². The van der Waals surface area contributed by atoms with E-state index < -0.39 is 10.9 Å². The summed E-state index contributed by atoms with van der Waals surface area (Å²) in [6.07, 6.45) is 0. The molecule has 3 aromatic rings. The van der Waals surface area contributed by atoms with Gasteiger partial charge in [-0.1, -0.05) is 42.5 Å². The summed E-state index contributed by atoms with van der Waals surface area (Å²) in [6, 6.07) is 13.3.